The molecule has 2 aliphatic heterocycles. The molecule has 11 heteroatoms. The molecule has 0 N–H and O–H groups in total. The number of hydrogen-bond acceptors (Lipinski definition) is 7. The predicted molar refractivity (Wildman–Crippen MR) is 144 cm³/mol. The number of nitrogens with zero attached hydrogens (tertiary/aromatic N) is 5. The summed E-state index contributed by atoms with van der Waals surface area (Å²) in [6.45, 7) is 10.7. The van der Waals surface area contributed by atoms with Gasteiger partial charge in [-0.2, -0.15) is 9.29 Å². The fourth-order valence-corrected chi connectivity index (χ4v) is 6.25. The lowest BCUT2D eigenvalue weighted by Crippen LogP contribution is -2.48. The number of halogens is 1. The normalized spacial score (nSPS) is 18.2. The summed E-state index contributed by atoms with van der Waals surface area (Å²) < 4.78 is 33.1. The van der Waals surface area contributed by atoms with Crippen molar-refractivity contribution in [2.75, 3.05) is 39.3 Å². The van der Waals surface area contributed by atoms with Crippen LogP contribution < -0.4 is 0 Å². The number of benzene rings is 1. The van der Waals surface area contributed by atoms with E-state index >= 15 is 0 Å². The van der Waals surface area contributed by atoms with Crippen molar-refractivity contribution in [3.63, 3.8) is 0 Å². The van der Waals surface area contributed by atoms with Crippen molar-refractivity contribution < 1.29 is 17.7 Å². The summed E-state index contributed by atoms with van der Waals surface area (Å²) in [5.41, 5.74) is 1.15. The van der Waals surface area contributed by atoms with E-state index in [0.29, 0.717) is 74.0 Å². The highest BCUT2D eigenvalue weighted by atomic mass is 35.5. The van der Waals surface area contributed by atoms with E-state index in [1.54, 1.807) is 16.4 Å². The second-order valence-corrected chi connectivity index (χ2v) is 12.5. The molecule has 0 atom stereocenters. The van der Waals surface area contributed by atoms with Gasteiger partial charge >= 0.3 is 0 Å². The van der Waals surface area contributed by atoms with Gasteiger partial charge in [-0.15, -0.1) is 12.4 Å². The Labute approximate surface area is 227 Å². The Balaban J connectivity index is 0.00000380. The molecule has 0 saturated carbocycles. The second-order valence-electron chi connectivity index (χ2n) is 10.6. The molecule has 4 rings (SSSR count). The lowest BCUT2D eigenvalue weighted by atomic mass is 9.99. The van der Waals surface area contributed by atoms with E-state index < -0.39 is 10.0 Å². The molecule has 0 bridgehead atoms. The number of rotatable bonds is 9. The Morgan fingerprint density at radius 3 is 2.32 bits per heavy atom. The van der Waals surface area contributed by atoms with E-state index in [2.05, 4.69) is 35.8 Å². The van der Waals surface area contributed by atoms with Crippen LogP contribution in [0.15, 0.2) is 33.7 Å². The average molecular weight is 554 g/mol. The van der Waals surface area contributed by atoms with Crippen molar-refractivity contribution >= 4 is 28.3 Å². The van der Waals surface area contributed by atoms with Crippen LogP contribution in [0.2, 0.25) is 0 Å². The number of piperidine rings is 1. The van der Waals surface area contributed by atoms with Crippen LogP contribution in [0, 0.1) is 11.8 Å². The van der Waals surface area contributed by atoms with Gasteiger partial charge in [0.05, 0.1) is 11.4 Å². The van der Waals surface area contributed by atoms with Gasteiger partial charge in [0, 0.05) is 52.1 Å². The first-order valence-corrected chi connectivity index (χ1v) is 14.6. The molecule has 0 unspecified atom stereocenters. The standard InChI is InChI=1S/C26H39N5O4S.ClH/c1-20(2)18-22-4-6-23(7-5-22)36(33,34)31-16-14-29(15-17-31)19-24-27-25(35-28-24)8-9-26(32)30-12-10-21(3)11-13-30;/h4-7,20-21H,8-19H2,1-3H3;1H. The highest BCUT2D eigenvalue weighted by Crippen LogP contribution is 2.20. The van der Waals surface area contributed by atoms with Crippen molar-refractivity contribution in [3.8, 4) is 0 Å². The maximum Gasteiger partial charge on any atom is 0.243 e. The first-order valence-electron chi connectivity index (χ1n) is 13.1. The largest absolute Gasteiger partial charge is 0.343 e. The molecule has 2 aromatic rings. The fraction of sp³-hybridized carbons (Fsp3) is 0.654. The van der Waals surface area contributed by atoms with Crippen LogP contribution in [0.4, 0.5) is 0 Å². The van der Waals surface area contributed by atoms with E-state index in [9.17, 15) is 13.2 Å². The van der Waals surface area contributed by atoms with Crippen LogP contribution in [0.25, 0.3) is 0 Å². The van der Waals surface area contributed by atoms with Gasteiger partial charge in [-0.1, -0.05) is 38.1 Å². The minimum absolute atomic E-state index is 0. The second kappa shape index (κ2) is 13.2. The van der Waals surface area contributed by atoms with Gasteiger partial charge in [0.2, 0.25) is 21.8 Å². The van der Waals surface area contributed by atoms with E-state index in [1.807, 2.05) is 17.0 Å². The van der Waals surface area contributed by atoms with Gasteiger partial charge in [-0.25, -0.2) is 8.42 Å². The summed E-state index contributed by atoms with van der Waals surface area (Å²) >= 11 is 0. The van der Waals surface area contributed by atoms with Crippen LogP contribution in [0.3, 0.4) is 0 Å². The zero-order valence-corrected chi connectivity index (χ0v) is 23.8. The first-order chi connectivity index (χ1) is 17.2. The number of carbonyl (C=O) groups excluding carboxylic acids is 1. The predicted octanol–water partition coefficient (Wildman–Crippen LogP) is 3.39. The molecule has 1 aromatic carbocycles. The van der Waals surface area contributed by atoms with E-state index in [0.717, 1.165) is 37.9 Å². The number of likely N-dealkylation sites (tertiary alicyclic amines) is 1. The van der Waals surface area contributed by atoms with Crippen LogP contribution in [0.1, 0.15) is 57.3 Å². The Bertz CT molecular complexity index is 1110. The summed E-state index contributed by atoms with van der Waals surface area (Å²) in [6.07, 6.45) is 3.89. The van der Waals surface area contributed by atoms with Crippen LogP contribution >= 0.6 is 12.4 Å². The third kappa shape index (κ3) is 7.99. The van der Waals surface area contributed by atoms with Crippen LogP contribution in [-0.2, 0) is 34.2 Å². The lowest BCUT2D eigenvalue weighted by Gasteiger charge is -2.33. The SMILES string of the molecule is CC(C)Cc1ccc(S(=O)(=O)N2CCN(Cc3noc(CCC(=O)N4CCC(C)CC4)n3)CC2)cc1.Cl. The first kappa shape index (κ1) is 29.5. The third-order valence-corrected chi connectivity index (χ3v) is 9.01. The summed E-state index contributed by atoms with van der Waals surface area (Å²) in [4.78, 5) is 21.3. The highest BCUT2D eigenvalue weighted by molar-refractivity contribution is 7.89. The summed E-state index contributed by atoms with van der Waals surface area (Å²) in [5, 5.41) is 4.07. The number of hydrogen-bond donors (Lipinski definition) is 0. The van der Waals surface area contributed by atoms with Gasteiger partial charge in [-0.05, 0) is 48.8 Å². The van der Waals surface area contributed by atoms with Crippen molar-refractivity contribution in [1.82, 2.24) is 24.2 Å². The molecule has 1 aromatic heterocycles. The summed E-state index contributed by atoms with van der Waals surface area (Å²) in [5.74, 6) is 2.42. The fourth-order valence-electron chi connectivity index (χ4n) is 4.83. The van der Waals surface area contributed by atoms with E-state index in [1.165, 1.54) is 0 Å². The number of sulfonamides is 1. The minimum Gasteiger partial charge on any atom is -0.343 e. The highest BCUT2D eigenvalue weighted by Gasteiger charge is 2.29. The van der Waals surface area contributed by atoms with Crippen LogP contribution in [0.5, 0.6) is 0 Å². The monoisotopic (exact) mass is 553 g/mol. The maximum atomic E-state index is 13.1. The third-order valence-electron chi connectivity index (χ3n) is 7.10. The maximum absolute atomic E-state index is 13.1. The van der Waals surface area contributed by atoms with Gasteiger partial charge in [-0.3, -0.25) is 9.69 Å². The molecule has 206 valence electrons. The molecule has 2 aliphatic rings. The molecule has 1 amide bonds. The van der Waals surface area contributed by atoms with E-state index in [-0.39, 0.29) is 18.3 Å². The van der Waals surface area contributed by atoms with Gasteiger partial charge < -0.3 is 9.42 Å². The van der Waals surface area contributed by atoms with Crippen molar-refractivity contribution in [2.45, 2.75) is 64.3 Å². The molecular formula is C26H40ClN5O4S. The van der Waals surface area contributed by atoms with Crippen molar-refractivity contribution in [1.29, 1.82) is 0 Å². The van der Waals surface area contributed by atoms with Crippen LogP contribution in [-0.4, -0.2) is 77.8 Å². The molecule has 9 nitrogen and oxygen atoms in total. The zero-order chi connectivity index (χ0) is 25.7. The lowest BCUT2D eigenvalue weighted by molar-refractivity contribution is -0.132. The van der Waals surface area contributed by atoms with Crippen molar-refractivity contribution in [3.05, 3.63) is 41.5 Å². The Morgan fingerprint density at radius 1 is 1.05 bits per heavy atom. The minimum atomic E-state index is -3.51. The topological polar surface area (TPSA) is 99.8 Å². The molecule has 3 heterocycles. The smallest absolute Gasteiger partial charge is 0.243 e. The van der Waals surface area contributed by atoms with Crippen molar-refractivity contribution in [2.24, 2.45) is 11.8 Å². The Kier molecular flexibility index (Phi) is 10.5. The molecule has 37 heavy (non-hydrogen) atoms. The van der Waals surface area contributed by atoms with Gasteiger partial charge in [0.15, 0.2) is 5.82 Å². The van der Waals surface area contributed by atoms with E-state index in [4.69, 9.17) is 4.52 Å². The zero-order valence-electron chi connectivity index (χ0n) is 22.1. The molecule has 0 aliphatic carbocycles. The quantitative estimate of drug-likeness (QED) is 0.469. The number of piperazine rings is 1. The number of carbonyl (C=O) groups is 1. The number of aromatic nitrogens is 2. The van der Waals surface area contributed by atoms with Gasteiger partial charge in [0.25, 0.3) is 0 Å². The molecule has 2 saturated heterocycles. The molecular weight excluding hydrogens is 514 g/mol. The summed E-state index contributed by atoms with van der Waals surface area (Å²) in [7, 11) is -3.51. The number of amides is 1. The average Bonchev–Trinajstić information content (AvgIpc) is 3.30. The summed E-state index contributed by atoms with van der Waals surface area (Å²) in [6, 6.07) is 7.27. The Morgan fingerprint density at radius 2 is 1.70 bits per heavy atom. The molecule has 0 spiro atoms. The van der Waals surface area contributed by atoms with Gasteiger partial charge in [0.1, 0.15) is 0 Å². The molecule has 2 fully saturated rings. The molecule has 0 radical (unpaired) electrons. The Hall–Kier alpha value is -2.01. The number of aryl methyl sites for hydroxylation is 1.